The van der Waals surface area contributed by atoms with Crippen molar-refractivity contribution in [3.8, 4) is 0 Å². The van der Waals surface area contributed by atoms with Crippen LogP contribution in [0.3, 0.4) is 0 Å². The van der Waals surface area contributed by atoms with Crippen LogP contribution >= 0.6 is 34.8 Å². The van der Waals surface area contributed by atoms with Gasteiger partial charge < -0.3 is 5.32 Å². The Labute approximate surface area is 172 Å². The highest BCUT2D eigenvalue weighted by molar-refractivity contribution is 6.36. The van der Waals surface area contributed by atoms with Gasteiger partial charge in [0.2, 0.25) is 5.95 Å². The van der Waals surface area contributed by atoms with Gasteiger partial charge in [0.05, 0.1) is 0 Å². The molecule has 1 atom stereocenters. The van der Waals surface area contributed by atoms with Crippen molar-refractivity contribution in [1.82, 2.24) is 14.8 Å². The summed E-state index contributed by atoms with van der Waals surface area (Å²) in [5.41, 5.74) is 1.67. The van der Waals surface area contributed by atoms with E-state index in [9.17, 15) is 13.2 Å². The fourth-order valence-corrected chi connectivity index (χ4v) is 3.66. The topological polar surface area (TPSA) is 42.7 Å². The Kier molecular flexibility index (Phi) is 4.77. The lowest BCUT2D eigenvalue weighted by Crippen LogP contribution is -2.21. The molecule has 0 aliphatic carbocycles. The lowest BCUT2D eigenvalue weighted by atomic mass is 10.0. The van der Waals surface area contributed by atoms with Crippen LogP contribution in [0.15, 0.2) is 48.5 Å². The maximum absolute atomic E-state index is 13.2. The Bertz CT molecular complexity index is 1050. The third-order valence-corrected chi connectivity index (χ3v) is 5.08. The van der Waals surface area contributed by atoms with Gasteiger partial charge >= 0.3 is 6.18 Å². The molecule has 4 nitrogen and oxygen atoms in total. The van der Waals surface area contributed by atoms with Gasteiger partial charge in [-0.3, -0.25) is 0 Å². The molecule has 28 heavy (non-hydrogen) atoms. The fraction of sp³-hybridized carbons (Fsp3) is 0.111. The van der Waals surface area contributed by atoms with Crippen molar-refractivity contribution in [2.24, 2.45) is 0 Å². The largest absolute Gasteiger partial charge is 0.453 e. The zero-order valence-electron chi connectivity index (χ0n) is 13.8. The van der Waals surface area contributed by atoms with E-state index in [-0.39, 0.29) is 5.95 Å². The van der Waals surface area contributed by atoms with Gasteiger partial charge in [-0.25, -0.2) is 4.68 Å². The van der Waals surface area contributed by atoms with Gasteiger partial charge in [-0.2, -0.15) is 18.2 Å². The molecule has 0 radical (unpaired) electrons. The number of alkyl halides is 3. The summed E-state index contributed by atoms with van der Waals surface area (Å²) >= 11 is 18.5. The Morgan fingerprint density at radius 3 is 2.21 bits per heavy atom. The van der Waals surface area contributed by atoms with E-state index in [2.05, 4.69) is 15.4 Å². The number of rotatable bonds is 2. The lowest BCUT2D eigenvalue weighted by Gasteiger charge is -2.25. The number of nitrogens with one attached hydrogen (secondary N) is 1. The minimum Gasteiger partial charge on any atom is -0.324 e. The van der Waals surface area contributed by atoms with Crippen LogP contribution in [0, 0.1) is 0 Å². The molecule has 2 aromatic carbocycles. The number of allylic oxidation sites excluding steroid dienone is 1. The average molecular weight is 446 g/mol. The second-order valence-corrected chi connectivity index (χ2v) is 7.24. The number of hydrogen-bond acceptors (Lipinski definition) is 3. The molecule has 1 N–H and O–H groups in total. The van der Waals surface area contributed by atoms with Gasteiger partial charge in [-0.1, -0.05) is 53.0 Å². The summed E-state index contributed by atoms with van der Waals surface area (Å²) < 4.78 is 40.7. The normalized spacial score (nSPS) is 16.4. The molecule has 0 saturated heterocycles. The molecular weight excluding hydrogens is 436 g/mol. The summed E-state index contributed by atoms with van der Waals surface area (Å²) in [6.45, 7) is 0. The van der Waals surface area contributed by atoms with Crippen molar-refractivity contribution in [2.45, 2.75) is 12.2 Å². The maximum Gasteiger partial charge on any atom is 0.453 e. The van der Waals surface area contributed by atoms with Gasteiger partial charge in [0.25, 0.3) is 5.82 Å². The van der Waals surface area contributed by atoms with E-state index in [0.717, 1.165) is 4.68 Å². The smallest absolute Gasteiger partial charge is 0.324 e. The monoisotopic (exact) mass is 444 g/mol. The van der Waals surface area contributed by atoms with Gasteiger partial charge in [-0.15, -0.1) is 5.10 Å². The molecule has 0 fully saturated rings. The lowest BCUT2D eigenvalue weighted by molar-refractivity contribution is -0.145. The van der Waals surface area contributed by atoms with Crippen LogP contribution in [-0.4, -0.2) is 14.8 Å². The van der Waals surface area contributed by atoms with E-state index in [4.69, 9.17) is 34.8 Å². The first-order chi connectivity index (χ1) is 13.2. The number of halogens is 6. The highest BCUT2D eigenvalue weighted by Crippen LogP contribution is 2.40. The maximum atomic E-state index is 13.2. The summed E-state index contributed by atoms with van der Waals surface area (Å²) in [5.74, 6) is -1.32. The van der Waals surface area contributed by atoms with Crippen LogP contribution in [0.5, 0.6) is 0 Å². The average Bonchev–Trinajstić information content (AvgIpc) is 3.07. The van der Waals surface area contributed by atoms with E-state index in [1.807, 2.05) is 0 Å². The molecule has 1 aliphatic heterocycles. The van der Waals surface area contributed by atoms with Crippen LogP contribution in [0.4, 0.5) is 19.1 Å². The molecule has 10 heteroatoms. The van der Waals surface area contributed by atoms with Crippen LogP contribution in [0.2, 0.25) is 15.1 Å². The summed E-state index contributed by atoms with van der Waals surface area (Å²) in [6, 6.07) is 10.9. The third-order valence-electron chi connectivity index (χ3n) is 4.17. The van der Waals surface area contributed by atoms with Crippen LogP contribution in [-0.2, 0) is 6.18 Å². The molecular formula is C18H10Cl3F3N4. The summed E-state index contributed by atoms with van der Waals surface area (Å²) in [7, 11) is 0. The van der Waals surface area contributed by atoms with E-state index in [1.54, 1.807) is 48.5 Å². The molecule has 1 aromatic heterocycles. The number of nitrogens with zero attached hydrogens (tertiary/aromatic N) is 3. The molecule has 4 rings (SSSR count). The molecule has 144 valence electrons. The fourth-order valence-electron chi connectivity index (χ4n) is 2.91. The Morgan fingerprint density at radius 2 is 1.61 bits per heavy atom. The summed E-state index contributed by atoms with van der Waals surface area (Å²) in [6.07, 6.45) is -3.00. The van der Waals surface area contributed by atoms with Gasteiger partial charge in [0.1, 0.15) is 6.04 Å². The quantitative estimate of drug-likeness (QED) is 0.502. The Balaban J connectivity index is 1.90. The first-order valence-electron chi connectivity index (χ1n) is 7.96. The van der Waals surface area contributed by atoms with Crippen molar-refractivity contribution in [2.75, 3.05) is 5.32 Å². The first-order valence-corrected chi connectivity index (χ1v) is 9.10. The van der Waals surface area contributed by atoms with E-state index < -0.39 is 18.0 Å². The highest BCUT2D eigenvalue weighted by Gasteiger charge is 2.39. The third kappa shape index (κ3) is 3.45. The number of fused-ring (bicyclic) bond motifs is 1. The molecule has 0 saturated carbocycles. The molecule has 1 unspecified atom stereocenters. The number of aromatic nitrogens is 3. The number of benzene rings is 2. The van der Waals surface area contributed by atoms with Gasteiger partial charge in [0.15, 0.2) is 0 Å². The van der Waals surface area contributed by atoms with E-state index in [1.165, 1.54) is 0 Å². The zero-order valence-corrected chi connectivity index (χ0v) is 16.1. The molecule has 0 bridgehead atoms. The second kappa shape index (κ2) is 6.99. The number of anilines is 1. The Hall–Kier alpha value is -2.22. The predicted molar refractivity (Wildman–Crippen MR) is 103 cm³/mol. The van der Waals surface area contributed by atoms with Gasteiger partial charge in [-0.05, 0) is 35.9 Å². The van der Waals surface area contributed by atoms with Crippen LogP contribution < -0.4 is 5.32 Å². The van der Waals surface area contributed by atoms with E-state index in [0.29, 0.717) is 31.9 Å². The summed E-state index contributed by atoms with van der Waals surface area (Å²) in [5, 5.41) is 7.67. The molecule has 0 spiro atoms. The molecule has 3 aromatic rings. The van der Waals surface area contributed by atoms with Gasteiger partial charge in [0, 0.05) is 26.3 Å². The first kappa shape index (κ1) is 19.1. The molecule has 2 heterocycles. The molecule has 0 amide bonds. The predicted octanol–water partition coefficient (Wildman–Crippen LogP) is 6.31. The standard InChI is InChI=1S/C18H10Cl3F3N4/c19-10-6-4-9(5-7-10)13-8-14(15-11(20)2-1-3-12(15)21)28-17(25-13)26-16(27-28)18(22,23)24/h1-8,14H,(H,25,26,27). The zero-order chi connectivity index (χ0) is 20.1. The minimum atomic E-state index is -4.69. The van der Waals surface area contributed by atoms with E-state index >= 15 is 0 Å². The number of hydrogen-bond donors (Lipinski definition) is 1. The van der Waals surface area contributed by atoms with Crippen LogP contribution in [0.1, 0.15) is 23.0 Å². The molecule has 1 aliphatic rings. The Morgan fingerprint density at radius 1 is 0.964 bits per heavy atom. The summed E-state index contributed by atoms with van der Waals surface area (Å²) in [4.78, 5) is 3.61. The van der Waals surface area contributed by atoms with Crippen molar-refractivity contribution < 1.29 is 13.2 Å². The van der Waals surface area contributed by atoms with Crippen LogP contribution in [0.25, 0.3) is 5.70 Å². The van der Waals surface area contributed by atoms with Crippen molar-refractivity contribution >= 4 is 46.4 Å². The SMILES string of the molecule is FC(F)(F)c1nc2n(n1)C(c1c(Cl)cccc1Cl)C=C(c1ccc(Cl)cc1)N2. The second-order valence-electron chi connectivity index (χ2n) is 5.99. The van der Waals surface area contributed by atoms with Crippen molar-refractivity contribution in [3.63, 3.8) is 0 Å². The van der Waals surface area contributed by atoms with Crippen molar-refractivity contribution in [3.05, 3.63) is 80.6 Å². The minimum absolute atomic E-state index is 0.0687. The van der Waals surface area contributed by atoms with Crippen molar-refractivity contribution in [1.29, 1.82) is 0 Å². The highest BCUT2D eigenvalue weighted by atomic mass is 35.5.